The maximum Gasteiger partial charge on any atom is 0.149 e. The van der Waals surface area contributed by atoms with E-state index in [0.29, 0.717) is 50.1 Å². The van der Waals surface area contributed by atoms with Crippen LogP contribution in [0.4, 0.5) is 0 Å². The highest BCUT2D eigenvalue weighted by atomic mass is 28.3. The van der Waals surface area contributed by atoms with Crippen LogP contribution in [0.25, 0.3) is 95.0 Å². The first-order valence-corrected chi connectivity index (χ1v) is 30.6. The van der Waals surface area contributed by atoms with Crippen LogP contribution in [0.3, 0.4) is 0 Å². The van der Waals surface area contributed by atoms with Gasteiger partial charge in [0.05, 0.1) is 49.8 Å². The maximum atomic E-state index is 13.0. The third-order valence-corrected chi connectivity index (χ3v) is 17.1. The Morgan fingerprint density at radius 3 is 1.61 bits per heavy atom. The van der Waals surface area contributed by atoms with Crippen molar-refractivity contribution in [1.29, 1.82) is 0 Å². The molecule has 2 heterocycles. The number of phenolic OH excluding ortho intramolecular Hbond substituents is 1. The summed E-state index contributed by atoms with van der Waals surface area (Å²) >= 11 is 0. The van der Waals surface area contributed by atoms with Crippen LogP contribution in [0.2, 0.25) is 19.6 Å². The monoisotopic (exact) mass is 1070 g/mol. The van der Waals surface area contributed by atoms with Crippen LogP contribution >= 0.6 is 0 Å². The minimum atomic E-state index is -2.31. The van der Waals surface area contributed by atoms with E-state index in [-0.39, 0.29) is 39.5 Å². The number of aryl methyl sites for hydroxylation is 1. The summed E-state index contributed by atoms with van der Waals surface area (Å²) in [7, 11) is -1.81. The fraction of sp³-hybridized carbons (Fsp3) is 0.270. The molecule has 0 aliphatic heterocycles. The van der Waals surface area contributed by atoms with Crippen molar-refractivity contribution >= 4 is 24.3 Å². The number of phenols is 1. The number of nitrogens with zero attached hydrogens (tertiary/aromatic N) is 3. The van der Waals surface area contributed by atoms with Gasteiger partial charge < -0.3 is 5.11 Å². The fourth-order valence-electron chi connectivity index (χ4n) is 10.2. The zero-order valence-corrected chi connectivity index (χ0v) is 49.3. The average Bonchev–Trinajstić information content (AvgIpc) is 1.40. The van der Waals surface area contributed by atoms with Crippen molar-refractivity contribution in [2.24, 2.45) is 0 Å². The first-order chi connectivity index (χ1) is 42.5. The van der Waals surface area contributed by atoms with E-state index in [0.717, 1.165) is 44.1 Å². The molecular weight excluding hydrogens is 975 g/mol. The molecule has 79 heavy (non-hydrogen) atoms. The number of pyridine rings is 1. The lowest BCUT2D eigenvalue weighted by molar-refractivity contribution is 0.446. The first-order valence-electron chi connectivity index (χ1n) is 33.6. The highest BCUT2D eigenvalue weighted by molar-refractivity contribution is 6.88. The van der Waals surface area contributed by atoms with E-state index in [2.05, 4.69) is 85.4 Å². The Hall–Kier alpha value is -7.60. The van der Waals surface area contributed by atoms with Gasteiger partial charge in [0.15, 0.2) is 0 Å². The molecule has 4 nitrogen and oxygen atoms in total. The van der Waals surface area contributed by atoms with Crippen molar-refractivity contribution in [3.63, 3.8) is 0 Å². The topological polar surface area (TPSA) is 50.9 Å². The van der Waals surface area contributed by atoms with Gasteiger partial charge in [-0.25, -0.2) is 4.98 Å². The lowest BCUT2D eigenvalue weighted by Crippen LogP contribution is -2.37. The van der Waals surface area contributed by atoms with Crippen molar-refractivity contribution in [3.8, 4) is 89.7 Å². The standard InChI is InChI=1S/C74H79N3OSi/c1-47-38-58(79(14,15)16)34-35-59(47)51-32-30-48(31-33-51)52-36-37-75-65(42-52)54-39-53(40-55(41-54)71(2,3)4)60-28-23-29-66-67(60)76-70(63-45-57(73(8,9)10)46-64(69(63)78)74(11,12)13)77(66)68-61(49-24-19-17-20-25-49)43-56(72(5,6)7)44-62(68)50-26-21-18-22-27-50/h17-46,78H,1-16H3/i1D3,17D,18D,19D,20D,21D,22D,24D,25D,26D,27D. The summed E-state index contributed by atoms with van der Waals surface area (Å²) < 4.78 is 119. The lowest BCUT2D eigenvalue weighted by atomic mass is 9.78. The normalized spacial score (nSPS) is 15.1. The summed E-state index contributed by atoms with van der Waals surface area (Å²) in [6.07, 6.45) is 1.77. The summed E-state index contributed by atoms with van der Waals surface area (Å²) in [6, 6.07) is 31.4. The minimum Gasteiger partial charge on any atom is -0.507 e. The molecule has 0 aliphatic carbocycles. The van der Waals surface area contributed by atoms with Crippen LogP contribution in [0.1, 0.15) is 129 Å². The van der Waals surface area contributed by atoms with E-state index in [1.165, 1.54) is 0 Å². The Kier molecular flexibility index (Phi) is 10.4. The molecule has 0 radical (unpaired) electrons. The number of para-hydroxylation sites is 1. The number of aromatic hydroxyl groups is 1. The maximum absolute atomic E-state index is 13.0. The molecule has 0 fully saturated rings. The molecule has 400 valence electrons. The van der Waals surface area contributed by atoms with Crippen molar-refractivity contribution < 1.29 is 22.9 Å². The van der Waals surface area contributed by atoms with Gasteiger partial charge in [-0.05, 0) is 138 Å². The van der Waals surface area contributed by atoms with Crippen molar-refractivity contribution in [2.45, 2.75) is 131 Å². The number of imidazole rings is 1. The molecule has 10 aromatic rings. The number of hydrogen-bond acceptors (Lipinski definition) is 3. The number of hydrogen-bond donors (Lipinski definition) is 1. The van der Waals surface area contributed by atoms with E-state index in [1.54, 1.807) is 22.9 Å². The van der Waals surface area contributed by atoms with Gasteiger partial charge in [0.1, 0.15) is 11.6 Å². The smallest absolute Gasteiger partial charge is 0.149 e. The summed E-state index contributed by atoms with van der Waals surface area (Å²) in [5.74, 6) is 0.0795. The number of aromatic nitrogens is 3. The summed E-state index contributed by atoms with van der Waals surface area (Å²) in [5, 5.41) is 14.1. The highest BCUT2D eigenvalue weighted by Crippen LogP contribution is 2.48. The van der Waals surface area contributed by atoms with Crippen LogP contribution in [-0.2, 0) is 21.7 Å². The van der Waals surface area contributed by atoms with Crippen LogP contribution in [-0.4, -0.2) is 27.7 Å². The van der Waals surface area contributed by atoms with E-state index in [1.807, 2.05) is 120 Å². The fourth-order valence-corrected chi connectivity index (χ4v) is 11.4. The highest BCUT2D eigenvalue weighted by Gasteiger charge is 2.32. The first kappa shape index (κ1) is 40.6. The van der Waals surface area contributed by atoms with Gasteiger partial charge in [-0.3, -0.25) is 9.55 Å². The molecule has 0 saturated heterocycles. The SMILES string of the molecule is [2H]c1c([2H])c([2H])c(-c2cc(C(C)(C)C)cc(-c3c([2H])c([2H])c([2H])c([2H])c3[2H])c2-n2c(-c3cc(C(C)(C)C)cc(C(C)(C)C)c3O)nc3c(-c4cc(-c5cc(-c6ccc(-c7ccc([Si](C)(C)C)cc7C([2H])([2H])[2H])cc6)ccn5)cc(C(C)(C)C)c4)cccc32)c([2H])c1[2H]. The van der Waals surface area contributed by atoms with Crippen molar-refractivity contribution in [2.75, 3.05) is 0 Å². The third kappa shape index (κ3) is 11.0. The Morgan fingerprint density at radius 2 is 1.04 bits per heavy atom. The van der Waals surface area contributed by atoms with Gasteiger partial charge in [0.2, 0.25) is 0 Å². The zero-order valence-electron chi connectivity index (χ0n) is 61.3. The van der Waals surface area contributed by atoms with Crippen LogP contribution in [0, 0.1) is 6.85 Å². The molecule has 10 rings (SSSR count). The summed E-state index contributed by atoms with van der Waals surface area (Å²) in [4.78, 5) is 10.6. The second-order valence-corrected chi connectivity index (χ2v) is 31.2. The van der Waals surface area contributed by atoms with E-state index in [9.17, 15) is 10.6 Å². The van der Waals surface area contributed by atoms with Crippen LogP contribution in [0.5, 0.6) is 5.75 Å². The third-order valence-electron chi connectivity index (χ3n) is 15.0. The predicted molar refractivity (Wildman–Crippen MR) is 341 cm³/mol. The molecule has 0 amide bonds. The Morgan fingerprint density at radius 1 is 0.481 bits per heavy atom. The second kappa shape index (κ2) is 20.2. The molecule has 8 aromatic carbocycles. The molecule has 0 spiro atoms. The van der Waals surface area contributed by atoms with Gasteiger partial charge in [0.25, 0.3) is 0 Å². The average molecular weight is 1070 g/mol. The van der Waals surface area contributed by atoms with Gasteiger partial charge in [-0.15, -0.1) is 0 Å². The Labute approximate surface area is 490 Å². The molecule has 0 atom stereocenters. The number of fused-ring (bicyclic) bond motifs is 1. The van der Waals surface area contributed by atoms with Crippen molar-refractivity contribution in [1.82, 2.24) is 14.5 Å². The second-order valence-electron chi connectivity index (χ2n) is 26.1. The zero-order chi connectivity index (χ0) is 67.8. The van der Waals surface area contributed by atoms with E-state index in [4.69, 9.17) is 22.3 Å². The molecule has 5 heteroatoms. The number of benzene rings is 8. The molecule has 1 N–H and O–H groups in total. The molecule has 0 aliphatic rings. The van der Waals surface area contributed by atoms with Gasteiger partial charge in [-0.1, -0.05) is 235 Å². The molecule has 2 aromatic heterocycles. The molecular formula is C74H79N3OSi. The van der Waals surface area contributed by atoms with Crippen LogP contribution in [0.15, 0.2) is 182 Å². The minimum absolute atomic E-state index is 0.0854. The van der Waals surface area contributed by atoms with Crippen molar-refractivity contribution in [3.05, 3.63) is 210 Å². The molecule has 0 unspecified atom stereocenters. The Balaban J connectivity index is 1.31. The Bertz CT molecular complexity index is 4500. The van der Waals surface area contributed by atoms with Crippen LogP contribution < -0.4 is 5.19 Å². The van der Waals surface area contributed by atoms with E-state index < -0.39 is 97.0 Å². The largest absolute Gasteiger partial charge is 0.507 e. The molecule has 0 saturated carbocycles. The van der Waals surface area contributed by atoms with Gasteiger partial charge in [0, 0.05) is 38.1 Å². The summed E-state index contributed by atoms with van der Waals surface area (Å²) in [5.41, 5.74) is 8.23. The molecule has 0 bridgehead atoms. The van der Waals surface area contributed by atoms with Gasteiger partial charge in [-0.2, -0.15) is 0 Å². The quantitative estimate of drug-likeness (QED) is 0.147. The van der Waals surface area contributed by atoms with E-state index >= 15 is 0 Å². The summed E-state index contributed by atoms with van der Waals surface area (Å²) in [6.45, 7) is 28.7. The number of rotatable bonds is 9. The predicted octanol–water partition coefficient (Wildman–Crippen LogP) is 19.8. The van der Waals surface area contributed by atoms with Gasteiger partial charge >= 0.3 is 0 Å². The lowest BCUT2D eigenvalue weighted by Gasteiger charge is -2.28.